The third-order valence-corrected chi connectivity index (χ3v) is 7.86. The number of thioether (sulfide) groups is 1. The molecule has 4 rings (SSSR count). The number of carbonyl (C=O) groups excluding carboxylic acids is 2. The van der Waals surface area contributed by atoms with Crippen LogP contribution < -0.4 is 5.32 Å². The predicted molar refractivity (Wildman–Crippen MR) is 140 cm³/mol. The molecule has 2 atom stereocenters. The van der Waals surface area contributed by atoms with Crippen LogP contribution in [0.5, 0.6) is 0 Å². The van der Waals surface area contributed by atoms with Crippen molar-refractivity contribution in [3.05, 3.63) is 56.5 Å². The third-order valence-electron chi connectivity index (χ3n) is 5.65. The van der Waals surface area contributed by atoms with E-state index in [0.29, 0.717) is 29.0 Å². The topological polar surface area (TPSA) is 71.0 Å². The molecule has 0 unspecified atom stereocenters. The van der Waals surface area contributed by atoms with Gasteiger partial charge in [0.25, 0.3) is 0 Å². The van der Waals surface area contributed by atoms with Crippen molar-refractivity contribution in [3.63, 3.8) is 0 Å². The molecule has 2 aliphatic heterocycles. The van der Waals surface area contributed by atoms with Gasteiger partial charge >= 0.3 is 0 Å². The predicted octanol–water partition coefficient (Wildman–Crippen LogP) is 6.40. The number of benzene rings is 2. The Hall–Kier alpha value is -1.77. The molecule has 1 N–H and O–H groups in total. The lowest BCUT2D eigenvalue weighted by Gasteiger charge is -2.20. The van der Waals surface area contributed by atoms with Crippen LogP contribution in [0.3, 0.4) is 0 Å². The molecular formula is C24H24Cl3N3O3S. The maximum Gasteiger partial charge on any atom is 0.242 e. The van der Waals surface area contributed by atoms with E-state index < -0.39 is 5.25 Å². The van der Waals surface area contributed by atoms with Crippen molar-refractivity contribution in [2.75, 3.05) is 18.5 Å². The zero-order valence-corrected chi connectivity index (χ0v) is 21.8. The average molecular weight is 541 g/mol. The molecule has 2 aliphatic rings. The van der Waals surface area contributed by atoms with Gasteiger partial charge in [-0.15, -0.1) is 0 Å². The van der Waals surface area contributed by atoms with Crippen LogP contribution in [-0.2, 0) is 14.3 Å². The lowest BCUT2D eigenvalue weighted by molar-refractivity contribution is -0.129. The first-order valence-electron chi connectivity index (χ1n) is 10.9. The number of hydrogen-bond donors (Lipinski definition) is 1. The number of carbonyl (C=O) groups is 2. The minimum Gasteiger partial charge on any atom is -0.376 e. The van der Waals surface area contributed by atoms with E-state index in [1.807, 2.05) is 26.0 Å². The second kappa shape index (κ2) is 10.9. The van der Waals surface area contributed by atoms with Gasteiger partial charge in [-0.3, -0.25) is 14.5 Å². The Morgan fingerprint density at radius 3 is 2.65 bits per heavy atom. The molecule has 2 saturated heterocycles. The van der Waals surface area contributed by atoms with Crippen molar-refractivity contribution < 1.29 is 14.3 Å². The minimum atomic E-state index is -0.604. The molecule has 0 radical (unpaired) electrons. The second-order valence-electron chi connectivity index (χ2n) is 8.37. The molecule has 0 saturated carbocycles. The average Bonchev–Trinajstić information content (AvgIpc) is 3.38. The number of hydrogen-bond acceptors (Lipinski definition) is 5. The van der Waals surface area contributed by atoms with Gasteiger partial charge in [0.05, 0.1) is 39.1 Å². The molecule has 6 nitrogen and oxygen atoms in total. The van der Waals surface area contributed by atoms with Crippen LogP contribution in [0, 0.1) is 13.8 Å². The van der Waals surface area contributed by atoms with Crippen LogP contribution in [0.1, 0.15) is 30.4 Å². The largest absolute Gasteiger partial charge is 0.376 e. The molecule has 0 spiro atoms. The van der Waals surface area contributed by atoms with E-state index in [1.165, 1.54) is 23.9 Å². The molecule has 2 fully saturated rings. The van der Waals surface area contributed by atoms with Crippen molar-refractivity contribution in [1.82, 2.24) is 4.90 Å². The van der Waals surface area contributed by atoms with Crippen molar-refractivity contribution in [3.8, 4) is 0 Å². The Morgan fingerprint density at radius 2 is 1.94 bits per heavy atom. The second-order valence-corrected chi connectivity index (χ2v) is 10.8. The van der Waals surface area contributed by atoms with E-state index in [2.05, 4.69) is 11.4 Å². The van der Waals surface area contributed by atoms with E-state index in [4.69, 9.17) is 44.5 Å². The van der Waals surface area contributed by atoms with Crippen LogP contribution >= 0.6 is 46.6 Å². The van der Waals surface area contributed by atoms with Gasteiger partial charge in [-0.2, -0.15) is 0 Å². The summed E-state index contributed by atoms with van der Waals surface area (Å²) in [5.74, 6) is -0.504. The van der Waals surface area contributed by atoms with E-state index in [0.717, 1.165) is 29.7 Å². The summed E-state index contributed by atoms with van der Waals surface area (Å²) in [4.78, 5) is 32.5. The number of rotatable bonds is 6. The number of halogens is 3. The normalized spacial score (nSPS) is 21.5. The summed E-state index contributed by atoms with van der Waals surface area (Å²) in [6.07, 6.45) is 1.80. The summed E-state index contributed by atoms with van der Waals surface area (Å²) in [6.45, 7) is 5.13. The standard InChI is InChI=1S/C24H24Cl3N3O3S/c1-13-5-6-19(14(2)8-13)29-24-30(12-15-4-3-7-33-15)23(32)21(34-24)11-22(31)28-20-10-17(26)16(25)9-18(20)27/h5-6,8-10,15,21H,3-4,7,11-12H2,1-2H3,(H,28,31)/t15-,21+/m1/s1. The molecule has 10 heteroatoms. The SMILES string of the molecule is Cc1ccc(N=C2S[C@@H](CC(=O)Nc3cc(Cl)c(Cl)cc3Cl)C(=O)N2C[C@H]2CCCO2)c(C)c1. The lowest BCUT2D eigenvalue weighted by atomic mass is 10.1. The lowest BCUT2D eigenvalue weighted by Crippen LogP contribution is -2.38. The fraction of sp³-hybridized carbons (Fsp3) is 0.375. The molecule has 2 heterocycles. The summed E-state index contributed by atoms with van der Waals surface area (Å²) in [7, 11) is 0. The fourth-order valence-corrected chi connectivity index (χ4v) is 5.66. The van der Waals surface area contributed by atoms with Gasteiger partial charge < -0.3 is 10.1 Å². The number of nitrogens with one attached hydrogen (secondary N) is 1. The monoisotopic (exact) mass is 539 g/mol. The van der Waals surface area contributed by atoms with Crippen LogP contribution in [0.25, 0.3) is 0 Å². The highest BCUT2D eigenvalue weighted by atomic mass is 35.5. The van der Waals surface area contributed by atoms with Gasteiger partial charge in [-0.05, 0) is 50.5 Å². The first kappa shape index (κ1) is 25.3. The Labute approximate surface area is 218 Å². The van der Waals surface area contributed by atoms with Crippen molar-refractivity contribution >= 4 is 74.9 Å². The Balaban J connectivity index is 1.53. The van der Waals surface area contributed by atoms with Gasteiger partial charge in [-0.25, -0.2) is 4.99 Å². The zero-order valence-electron chi connectivity index (χ0n) is 18.7. The molecule has 2 aromatic rings. The molecular weight excluding hydrogens is 517 g/mol. The van der Waals surface area contributed by atoms with Crippen LogP contribution in [-0.4, -0.2) is 46.4 Å². The minimum absolute atomic E-state index is 0.0311. The summed E-state index contributed by atoms with van der Waals surface area (Å²) in [6, 6.07) is 8.94. The summed E-state index contributed by atoms with van der Waals surface area (Å²) < 4.78 is 5.76. The first-order valence-corrected chi connectivity index (χ1v) is 12.9. The van der Waals surface area contributed by atoms with Gasteiger partial charge in [0, 0.05) is 13.0 Å². The van der Waals surface area contributed by atoms with Gasteiger partial charge in [0.1, 0.15) is 5.25 Å². The third kappa shape index (κ3) is 5.89. The van der Waals surface area contributed by atoms with Crippen molar-refractivity contribution in [2.45, 2.75) is 44.5 Å². The van der Waals surface area contributed by atoms with Gasteiger partial charge in [-0.1, -0.05) is 64.3 Å². The molecule has 34 heavy (non-hydrogen) atoms. The highest BCUT2D eigenvalue weighted by Crippen LogP contribution is 2.35. The fourth-order valence-electron chi connectivity index (χ4n) is 3.91. The summed E-state index contributed by atoms with van der Waals surface area (Å²) in [5, 5.41) is 3.55. The molecule has 0 bridgehead atoms. The van der Waals surface area contributed by atoms with E-state index in [-0.39, 0.29) is 34.4 Å². The number of amides is 2. The van der Waals surface area contributed by atoms with E-state index in [1.54, 1.807) is 4.90 Å². The van der Waals surface area contributed by atoms with E-state index in [9.17, 15) is 9.59 Å². The summed E-state index contributed by atoms with van der Waals surface area (Å²) in [5.41, 5.74) is 3.30. The van der Waals surface area contributed by atoms with Crippen LogP contribution in [0.4, 0.5) is 11.4 Å². The quantitative estimate of drug-likeness (QED) is 0.430. The van der Waals surface area contributed by atoms with Crippen LogP contribution in [0.2, 0.25) is 15.1 Å². The number of aliphatic imine (C=N–C) groups is 1. The first-order chi connectivity index (χ1) is 16.2. The molecule has 0 aromatic heterocycles. The Morgan fingerprint density at radius 1 is 1.18 bits per heavy atom. The number of anilines is 1. The molecule has 2 amide bonds. The van der Waals surface area contributed by atoms with Gasteiger partial charge in [0.2, 0.25) is 11.8 Å². The van der Waals surface area contributed by atoms with Crippen molar-refractivity contribution in [1.29, 1.82) is 0 Å². The number of amidine groups is 1. The van der Waals surface area contributed by atoms with Crippen LogP contribution in [0.15, 0.2) is 35.3 Å². The maximum absolute atomic E-state index is 13.3. The number of ether oxygens (including phenoxy) is 1. The highest BCUT2D eigenvalue weighted by molar-refractivity contribution is 8.15. The van der Waals surface area contributed by atoms with Crippen molar-refractivity contribution in [2.24, 2.45) is 4.99 Å². The van der Waals surface area contributed by atoms with E-state index >= 15 is 0 Å². The van der Waals surface area contributed by atoms with Gasteiger partial charge in [0.15, 0.2) is 5.17 Å². The maximum atomic E-state index is 13.3. The highest BCUT2D eigenvalue weighted by Gasteiger charge is 2.40. The molecule has 0 aliphatic carbocycles. The number of aryl methyl sites for hydroxylation is 2. The smallest absolute Gasteiger partial charge is 0.242 e. The Bertz CT molecular complexity index is 1150. The summed E-state index contributed by atoms with van der Waals surface area (Å²) >= 11 is 19.5. The molecule has 180 valence electrons. The Kier molecular flexibility index (Phi) is 8.10. The number of nitrogens with zero attached hydrogens (tertiary/aromatic N) is 2. The zero-order chi connectivity index (χ0) is 24.4. The molecule has 2 aromatic carbocycles.